The van der Waals surface area contributed by atoms with Crippen LogP contribution in [0.1, 0.15) is 30.9 Å². The molecule has 1 atom stereocenters. The highest BCUT2D eigenvalue weighted by Crippen LogP contribution is 2.30. The normalized spacial score (nSPS) is 17.4. The van der Waals surface area contributed by atoms with E-state index >= 15 is 0 Å². The van der Waals surface area contributed by atoms with Crippen molar-refractivity contribution >= 4 is 29.9 Å². The summed E-state index contributed by atoms with van der Waals surface area (Å²) in [5.41, 5.74) is 1.86. The molecular weight excluding hydrogens is 344 g/mol. The van der Waals surface area contributed by atoms with Gasteiger partial charge in [0.2, 0.25) is 5.91 Å². The van der Waals surface area contributed by atoms with E-state index in [1.54, 1.807) is 6.07 Å². The lowest BCUT2D eigenvalue weighted by Gasteiger charge is -2.38. The maximum absolute atomic E-state index is 12.4. The van der Waals surface area contributed by atoms with E-state index in [0.29, 0.717) is 36.6 Å². The Morgan fingerprint density at radius 2 is 2.04 bits per heavy atom. The summed E-state index contributed by atoms with van der Waals surface area (Å²) in [6.07, 6.45) is 1.25. The summed E-state index contributed by atoms with van der Waals surface area (Å²) >= 11 is 6.23. The maximum Gasteiger partial charge on any atom is 0.415 e. The number of carbonyl (C=O) groups is 3. The molecule has 1 aromatic rings. The van der Waals surface area contributed by atoms with Crippen molar-refractivity contribution in [2.45, 2.75) is 39.7 Å². The minimum atomic E-state index is -0.643. The molecule has 136 valence electrons. The number of piperazine rings is 1. The number of amides is 2. The van der Waals surface area contributed by atoms with Gasteiger partial charge < -0.3 is 19.3 Å². The predicted molar refractivity (Wildman–Crippen MR) is 95.0 cm³/mol. The number of aldehydes is 1. The lowest BCUT2D eigenvalue weighted by Crippen LogP contribution is -2.57. The van der Waals surface area contributed by atoms with Crippen LogP contribution in [0.4, 0.5) is 4.79 Å². The smallest absolute Gasteiger partial charge is 0.409 e. The van der Waals surface area contributed by atoms with Gasteiger partial charge in [0, 0.05) is 19.5 Å². The van der Waals surface area contributed by atoms with Crippen LogP contribution in [-0.4, -0.2) is 53.8 Å². The van der Waals surface area contributed by atoms with Crippen LogP contribution in [0.15, 0.2) is 12.1 Å². The Balaban J connectivity index is 2.05. The van der Waals surface area contributed by atoms with Crippen LogP contribution < -0.4 is 4.74 Å². The molecule has 1 fully saturated rings. The number of hydrogen-bond acceptors (Lipinski definition) is 4. The van der Waals surface area contributed by atoms with E-state index in [2.05, 4.69) is 0 Å². The highest BCUT2D eigenvalue weighted by molar-refractivity contribution is 6.33. The summed E-state index contributed by atoms with van der Waals surface area (Å²) < 4.78 is 5.39. The zero-order chi connectivity index (χ0) is 18.6. The summed E-state index contributed by atoms with van der Waals surface area (Å²) in [7, 11) is 0. The average molecular weight is 367 g/mol. The molecule has 0 N–H and O–H groups in total. The maximum atomic E-state index is 12.4. The quantitative estimate of drug-likeness (QED) is 0.768. The molecule has 2 rings (SSSR count). The van der Waals surface area contributed by atoms with Crippen LogP contribution in [0.2, 0.25) is 5.02 Å². The van der Waals surface area contributed by atoms with E-state index in [1.807, 2.05) is 26.8 Å². The van der Waals surface area contributed by atoms with Gasteiger partial charge in [-0.3, -0.25) is 4.79 Å². The van der Waals surface area contributed by atoms with Gasteiger partial charge in [-0.05, 0) is 37.5 Å². The first-order chi connectivity index (χ1) is 11.9. The number of halogens is 1. The lowest BCUT2D eigenvalue weighted by molar-refractivity contribution is -0.138. The van der Waals surface area contributed by atoms with Gasteiger partial charge in [0.25, 0.3) is 0 Å². The second-order valence-electron chi connectivity index (χ2n) is 6.17. The monoisotopic (exact) mass is 366 g/mol. The highest BCUT2D eigenvalue weighted by Gasteiger charge is 2.32. The van der Waals surface area contributed by atoms with Crippen LogP contribution in [-0.2, 0) is 9.59 Å². The Morgan fingerprint density at radius 1 is 1.32 bits per heavy atom. The highest BCUT2D eigenvalue weighted by atomic mass is 35.5. The fourth-order valence-electron chi connectivity index (χ4n) is 2.75. The zero-order valence-electron chi connectivity index (χ0n) is 14.8. The van der Waals surface area contributed by atoms with E-state index < -0.39 is 12.1 Å². The van der Waals surface area contributed by atoms with Crippen molar-refractivity contribution in [2.75, 3.05) is 19.6 Å². The minimum Gasteiger partial charge on any atom is -0.409 e. The molecule has 1 aliphatic rings. The number of carbonyl (C=O) groups excluding carboxylic acids is 3. The van der Waals surface area contributed by atoms with Gasteiger partial charge in [-0.15, -0.1) is 0 Å². The van der Waals surface area contributed by atoms with Crippen molar-refractivity contribution < 1.29 is 19.1 Å². The third kappa shape index (κ3) is 4.31. The minimum absolute atomic E-state index is 0.0650. The summed E-state index contributed by atoms with van der Waals surface area (Å²) in [6, 6.07) is 2.84. The van der Waals surface area contributed by atoms with Crippen LogP contribution in [0.3, 0.4) is 0 Å². The van der Waals surface area contributed by atoms with Crippen molar-refractivity contribution in [3.8, 4) is 5.75 Å². The molecule has 0 spiro atoms. The third-order valence-corrected chi connectivity index (χ3v) is 4.91. The summed E-state index contributed by atoms with van der Waals surface area (Å²) in [6.45, 7) is 6.46. The summed E-state index contributed by atoms with van der Waals surface area (Å²) in [5.74, 6) is 0.228. The van der Waals surface area contributed by atoms with E-state index in [1.165, 1.54) is 9.80 Å². The van der Waals surface area contributed by atoms with Gasteiger partial charge in [0.1, 0.15) is 12.3 Å². The van der Waals surface area contributed by atoms with E-state index in [-0.39, 0.29) is 12.5 Å². The van der Waals surface area contributed by atoms with Crippen molar-refractivity contribution in [2.24, 2.45) is 0 Å². The summed E-state index contributed by atoms with van der Waals surface area (Å²) in [5, 5.41) is 0.400. The number of ether oxygens (including phenoxy) is 1. The van der Waals surface area contributed by atoms with Crippen molar-refractivity contribution in [3.63, 3.8) is 0 Å². The number of aryl methyl sites for hydroxylation is 1. The van der Waals surface area contributed by atoms with Crippen LogP contribution in [0.5, 0.6) is 5.75 Å². The van der Waals surface area contributed by atoms with Crippen LogP contribution >= 0.6 is 11.6 Å². The Bertz CT molecular complexity index is 677. The van der Waals surface area contributed by atoms with Gasteiger partial charge in [-0.1, -0.05) is 24.6 Å². The molecule has 0 bridgehead atoms. The molecular formula is C18H23ClN2O4. The van der Waals surface area contributed by atoms with Gasteiger partial charge >= 0.3 is 6.09 Å². The topological polar surface area (TPSA) is 66.9 Å². The molecule has 1 aliphatic heterocycles. The van der Waals surface area contributed by atoms with Gasteiger partial charge in [-0.2, -0.15) is 0 Å². The molecule has 6 nitrogen and oxygen atoms in total. The average Bonchev–Trinajstić information content (AvgIpc) is 2.61. The Kier molecular flexibility index (Phi) is 6.42. The number of benzene rings is 1. The lowest BCUT2D eigenvalue weighted by atomic mass is 10.1. The van der Waals surface area contributed by atoms with E-state index in [0.717, 1.165) is 17.5 Å². The molecule has 0 aromatic heterocycles. The first-order valence-electron chi connectivity index (χ1n) is 8.36. The Morgan fingerprint density at radius 3 is 2.68 bits per heavy atom. The molecule has 1 heterocycles. The number of nitrogens with zero attached hydrogens (tertiary/aromatic N) is 2. The van der Waals surface area contributed by atoms with E-state index in [4.69, 9.17) is 16.3 Å². The molecule has 7 heteroatoms. The molecule has 0 radical (unpaired) electrons. The molecule has 1 aromatic carbocycles. The SMILES string of the molecule is CCCC(=O)N1CCN(C(=O)Oc2ccc(C)c(C)c2Cl)C[C@H]1C=O. The number of rotatable bonds is 4. The zero-order valence-corrected chi connectivity index (χ0v) is 15.5. The second kappa shape index (κ2) is 8.34. The van der Waals surface area contributed by atoms with Gasteiger partial charge in [0.05, 0.1) is 11.6 Å². The summed E-state index contributed by atoms with van der Waals surface area (Å²) in [4.78, 5) is 38.8. The number of hydrogen-bond donors (Lipinski definition) is 0. The molecule has 1 saturated heterocycles. The second-order valence-corrected chi connectivity index (χ2v) is 6.55. The van der Waals surface area contributed by atoms with Crippen molar-refractivity contribution in [3.05, 3.63) is 28.3 Å². The first kappa shape index (κ1) is 19.2. The molecule has 0 saturated carbocycles. The van der Waals surface area contributed by atoms with Crippen LogP contribution in [0, 0.1) is 13.8 Å². The predicted octanol–water partition coefficient (Wildman–Crippen LogP) is 2.97. The third-order valence-electron chi connectivity index (χ3n) is 4.44. The van der Waals surface area contributed by atoms with E-state index in [9.17, 15) is 14.4 Å². The fraction of sp³-hybridized carbons (Fsp3) is 0.500. The standard InChI is InChI=1S/C18H23ClN2O4/c1-4-5-16(23)21-9-8-20(10-14(21)11-22)18(24)25-15-7-6-12(2)13(3)17(15)19/h6-7,11,14H,4-5,8-10H2,1-3H3/t14-/m0/s1. The molecule has 0 unspecified atom stereocenters. The molecule has 0 aliphatic carbocycles. The molecule has 25 heavy (non-hydrogen) atoms. The van der Waals surface area contributed by atoms with Crippen LogP contribution in [0.25, 0.3) is 0 Å². The fourth-order valence-corrected chi connectivity index (χ4v) is 3.00. The van der Waals surface area contributed by atoms with Crippen molar-refractivity contribution in [1.29, 1.82) is 0 Å². The van der Waals surface area contributed by atoms with Gasteiger partial charge in [0.15, 0.2) is 5.75 Å². The molecule has 2 amide bonds. The van der Waals surface area contributed by atoms with Gasteiger partial charge in [-0.25, -0.2) is 4.79 Å². The first-order valence-corrected chi connectivity index (χ1v) is 8.74. The Labute approximate surface area is 152 Å². The van der Waals surface area contributed by atoms with Crippen molar-refractivity contribution in [1.82, 2.24) is 9.80 Å². The Hall–Kier alpha value is -2.08. The largest absolute Gasteiger partial charge is 0.415 e.